The molecular weight excluding hydrogens is 341 g/mol. The van der Waals surface area contributed by atoms with Crippen molar-refractivity contribution in [2.24, 2.45) is 0 Å². The van der Waals surface area contributed by atoms with Crippen LogP contribution in [0, 0.1) is 5.82 Å². The minimum atomic E-state index is -0.217. The molecule has 0 atom stereocenters. The van der Waals surface area contributed by atoms with Gasteiger partial charge in [-0.3, -0.25) is 4.79 Å². The lowest BCUT2D eigenvalue weighted by atomic mass is 10.0. The first-order valence-electron chi connectivity index (χ1n) is 8.93. The SMILES string of the molecule is COc1cccc(C(=O)NCCCc2ccc(-c3ccccc3F)cc2)c1. The monoisotopic (exact) mass is 363 g/mol. The molecule has 3 aromatic rings. The van der Waals surface area contributed by atoms with E-state index in [0.717, 1.165) is 24.0 Å². The van der Waals surface area contributed by atoms with Gasteiger partial charge in [0.1, 0.15) is 11.6 Å². The molecule has 0 unspecified atom stereocenters. The molecule has 3 aromatic carbocycles. The third kappa shape index (κ3) is 4.94. The van der Waals surface area contributed by atoms with Gasteiger partial charge in [-0.2, -0.15) is 0 Å². The van der Waals surface area contributed by atoms with Crippen molar-refractivity contribution in [3.63, 3.8) is 0 Å². The summed E-state index contributed by atoms with van der Waals surface area (Å²) in [5.41, 5.74) is 3.21. The van der Waals surface area contributed by atoms with Gasteiger partial charge >= 0.3 is 0 Å². The van der Waals surface area contributed by atoms with Gasteiger partial charge in [0.2, 0.25) is 0 Å². The molecule has 3 rings (SSSR count). The Morgan fingerprint density at radius 2 is 1.78 bits per heavy atom. The van der Waals surface area contributed by atoms with E-state index in [0.29, 0.717) is 23.4 Å². The second-order valence-corrected chi connectivity index (χ2v) is 6.27. The van der Waals surface area contributed by atoms with Crippen molar-refractivity contribution in [1.29, 1.82) is 0 Å². The fraction of sp³-hybridized carbons (Fsp3) is 0.174. The summed E-state index contributed by atoms with van der Waals surface area (Å²) in [7, 11) is 1.58. The third-order valence-corrected chi connectivity index (χ3v) is 4.40. The summed E-state index contributed by atoms with van der Waals surface area (Å²) in [6.45, 7) is 0.588. The van der Waals surface area contributed by atoms with Crippen molar-refractivity contribution in [3.05, 3.63) is 89.7 Å². The first kappa shape index (κ1) is 18.6. The second-order valence-electron chi connectivity index (χ2n) is 6.27. The van der Waals surface area contributed by atoms with Gasteiger partial charge in [-0.25, -0.2) is 4.39 Å². The van der Waals surface area contributed by atoms with E-state index >= 15 is 0 Å². The van der Waals surface area contributed by atoms with E-state index in [1.165, 1.54) is 6.07 Å². The summed E-state index contributed by atoms with van der Waals surface area (Å²) in [6, 6.07) is 21.7. The molecular formula is C23H22FNO2. The molecule has 0 bridgehead atoms. The highest BCUT2D eigenvalue weighted by molar-refractivity contribution is 5.94. The molecule has 1 N–H and O–H groups in total. The molecule has 0 saturated carbocycles. The Balaban J connectivity index is 1.49. The first-order valence-corrected chi connectivity index (χ1v) is 8.93. The highest BCUT2D eigenvalue weighted by Crippen LogP contribution is 2.23. The Bertz CT molecular complexity index is 906. The summed E-state index contributed by atoms with van der Waals surface area (Å²) in [6.07, 6.45) is 1.67. The molecule has 27 heavy (non-hydrogen) atoms. The van der Waals surface area contributed by atoms with Crippen LogP contribution in [0.15, 0.2) is 72.8 Å². The van der Waals surface area contributed by atoms with Gasteiger partial charge in [-0.05, 0) is 48.2 Å². The summed E-state index contributed by atoms with van der Waals surface area (Å²) in [5.74, 6) is 0.340. The minimum absolute atomic E-state index is 0.108. The lowest BCUT2D eigenvalue weighted by Gasteiger charge is -2.08. The van der Waals surface area contributed by atoms with Gasteiger partial charge in [-0.15, -0.1) is 0 Å². The molecule has 0 saturated heterocycles. The number of rotatable bonds is 7. The van der Waals surface area contributed by atoms with Crippen molar-refractivity contribution in [1.82, 2.24) is 5.32 Å². The third-order valence-electron chi connectivity index (χ3n) is 4.40. The van der Waals surface area contributed by atoms with Crippen LogP contribution in [0.25, 0.3) is 11.1 Å². The van der Waals surface area contributed by atoms with E-state index in [2.05, 4.69) is 5.32 Å². The van der Waals surface area contributed by atoms with E-state index in [1.807, 2.05) is 36.4 Å². The summed E-state index contributed by atoms with van der Waals surface area (Å²) >= 11 is 0. The number of halogens is 1. The van der Waals surface area contributed by atoms with Crippen LogP contribution in [-0.4, -0.2) is 19.6 Å². The standard InChI is InChI=1S/C23H22FNO2/c1-27-20-8-4-7-19(16-20)23(26)25-15-5-6-17-11-13-18(14-12-17)21-9-2-3-10-22(21)24/h2-4,7-14,16H,5-6,15H2,1H3,(H,25,26). The van der Waals surface area contributed by atoms with Crippen molar-refractivity contribution < 1.29 is 13.9 Å². The predicted molar refractivity (Wildman–Crippen MR) is 105 cm³/mol. The van der Waals surface area contributed by atoms with Gasteiger partial charge in [0.05, 0.1) is 7.11 Å². The molecule has 0 fully saturated rings. The average Bonchev–Trinajstić information content (AvgIpc) is 2.72. The minimum Gasteiger partial charge on any atom is -0.497 e. The van der Waals surface area contributed by atoms with Crippen molar-refractivity contribution in [2.75, 3.05) is 13.7 Å². The summed E-state index contributed by atoms with van der Waals surface area (Å²) in [4.78, 5) is 12.2. The topological polar surface area (TPSA) is 38.3 Å². The fourth-order valence-corrected chi connectivity index (χ4v) is 2.91. The number of carbonyl (C=O) groups is 1. The second kappa shape index (κ2) is 8.99. The maximum Gasteiger partial charge on any atom is 0.251 e. The van der Waals surface area contributed by atoms with Gasteiger partial charge < -0.3 is 10.1 Å². The van der Waals surface area contributed by atoms with Crippen LogP contribution in [0.1, 0.15) is 22.3 Å². The lowest BCUT2D eigenvalue weighted by Crippen LogP contribution is -2.24. The van der Waals surface area contributed by atoms with E-state index in [1.54, 1.807) is 37.4 Å². The number of ether oxygens (including phenoxy) is 1. The summed E-state index contributed by atoms with van der Waals surface area (Å²) < 4.78 is 19.0. The molecule has 3 nitrogen and oxygen atoms in total. The summed E-state index contributed by atoms with van der Waals surface area (Å²) in [5, 5.41) is 2.92. The quantitative estimate of drug-likeness (QED) is 0.609. The number of carbonyl (C=O) groups excluding carboxylic acids is 1. The number of benzene rings is 3. The Morgan fingerprint density at radius 1 is 1.00 bits per heavy atom. The Morgan fingerprint density at radius 3 is 2.52 bits per heavy atom. The predicted octanol–water partition coefficient (Wildman–Crippen LogP) is 4.86. The molecule has 138 valence electrons. The van der Waals surface area contributed by atoms with E-state index in [9.17, 15) is 9.18 Å². The maximum absolute atomic E-state index is 13.8. The van der Waals surface area contributed by atoms with E-state index < -0.39 is 0 Å². The molecule has 0 aliphatic heterocycles. The van der Waals surface area contributed by atoms with Crippen molar-refractivity contribution in [2.45, 2.75) is 12.8 Å². The first-order chi connectivity index (χ1) is 13.2. The molecule has 0 aliphatic rings. The smallest absolute Gasteiger partial charge is 0.251 e. The van der Waals surface area contributed by atoms with Crippen LogP contribution in [0.5, 0.6) is 5.75 Å². The molecule has 0 radical (unpaired) electrons. The number of methoxy groups -OCH3 is 1. The number of amides is 1. The maximum atomic E-state index is 13.8. The Hall–Kier alpha value is -3.14. The van der Waals surface area contributed by atoms with Crippen LogP contribution in [0.2, 0.25) is 0 Å². The molecule has 0 heterocycles. The fourth-order valence-electron chi connectivity index (χ4n) is 2.91. The number of hydrogen-bond acceptors (Lipinski definition) is 2. The van der Waals surface area contributed by atoms with Crippen LogP contribution in [0.4, 0.5) is 4.39 Å². The lowest BCUT2D eigenvalue weighted by molar-refractivity contribution is 0.0953. The molecule has 1 amide bonds. The van der Waals surface area contributed by atoms with Crippen LogP contribution in [0.3, 0.4) is 0 Å². The number of aryl methyl sites for hydroxylation is 1. The average molecular weight is 363 g/mol. The van der Waals surface area contributed by atoms with E-state index in [4.69, 9.17) is 4.74 Å². The normalized spacial score (nSPS) is 10.4. The van der Waals surface area contributed by atoms with Crippen LogP contribution in [-0.2, 0) is 6.42 Å². The van der Waals surface area contributed by atoms with Gasteiger partial charge in [0.15, 0.2) is 0 Å². The largest absolute Gasteiger partial charge is 0.497 e. The molecule has 0 aromatic heterocycles. The Kier molecular flexibility index (Phi) is 6.21. The molecule has 0 spiro atoms. The van der Waals surface area contributed by atoms with Gasteiger partial charge in [0, 0.05) is 17.7 Å². The van der Waals surface area contributed by atoms with Crippen LogP contribution < -0.4 is 10.1 Å². The zero-order chi connectivity index (χ0) is 19.1. The van der Waals surface area contributed by atoms with Gasteiger partial charge in [0.25, 0.3) is 5.91 Å². The zero-order valence-corrected chi connectivity index (χ0v) is 15.2. The highest BCUT2D eigenvalue weighted by atomic mass is 19.1. The van der Waals surface area contributed by atoms with Crippen molar-refractivity contribution >= 4 is 5.91 Å². The molecule has 4 heteroatoms. The number of hydrogen-bond donors (Lipinski definition) is 1. The van der Waals surface area contributed by atoms with E-state index in [-0.39, 0.29) is 11.7 Å². The van der Waals surface area contributed by atoms with Crippen LogP contribution >= 0.6 is 0 Å². The molecule has 0 aliphatic carbocycles. The van der Waals surface area contributed by atoms with Gasteiger partial charge in [-0.1, -0.05) is 48.5 Å². The zero-order valence-electron chi connectivity index (χ0n) is 15.2. The highest BCUT2D eigenvalue weighted by Gasteiger charge is 2.06. The van der Waals surface area contributed by atoms with Crippen molar-refractivity contribution in [3.8, 4) is 16.9 Å². The Labute approximate surface area is 158 Å². The number of nitrogens with one attached hydrogen (secondary N) is 1.